The van der Waals surface area contributed by atoms with Gasteiger partial charge in [-0.2, -0.15) is 0 Å². The van der Waals surface area contributed by atoms with Crippen molar-refractivity contribution in [3.63, 3.8) is 0 Å². The van der Waals surface area contributed by atoms with Crippen molar-refractivity contribution >= 4 is 8.15 Å². The van der Waals surface area contributed by atoms with Gasteiger partial charge in [-0.25, -0.2) is 0 Å². The van der Waals surface area contributed by atoms with Gasteiger partial charge in [-0.15, -0.1) is 0 Å². The quantitative estimate of drug-likeness (QED) is 0.618. The molecule has 1 rings (SSSR count). The van der Waals surface area contributed by atoms with Crippen LogP contribution in [0.3, 0.4) is 0 Å². The molecular weight excluding hydrogens is 191 g/mol. The van der Waals surface area contributed by atoms with Crippen molar-refractivity contribution in [2.24, 2.45) is 0 Å². The van der Waals surface area contributed by atoms with Gasteiger partial charge in [-0.1, -0.05) is 27.7 Å². The van der Waals surface area contributed by atoms with E-state index in [1.54, 1.807) is 0 Å². The highest BCUT2D eigenvalue weighted by Crippen LogP contribution is 2.49. The third kappa shape index (κ3) is 3.61. The first-order valence-electron chi connectivity index (χ1n) is 5.76. The van der Waals surface area contributed by atoms with Gasteiger partial charge in [0.05, 0.1) is 13.9 Å². The van der Waals surface area contributed by atoms with Gasteiger partial charge in [-0.05, 0) is 25.3 Å². The summed E-state index contributed by atoms with van der Waals surface area (Å²) in [6, 6.07) is 0. The van der Waals surface area contributed by atoms with Crippen LogP contribution in [0.4, 0.5) is 0 Å². The van der Waals surface area contributed by atoms with Gasteiger partial charge in [0.2, 0.25) is 0 Å². The van der Waals surface area contributed by atoms with E-state index in [1.165, 1.54) is 25.0 Å². The summed E-state index contributed by atoms with van der Waals surface area (Å²) in [6.45, 7) is 9.09. The van der Waals surface area contributed by atoms with Crippen LogP contribution in [0.1, 0.15) is 53.4 Å². The van der Waals surface area contributed by atoms with E-state index in [-0.39, 0.29) is 8.15 Å². The lowest BCUT2D eigenvalue weighted by atomic mass is 10.1. The molecule has 0 aromatic rings. The molecule has 0 spiro atoms. The van der Waals surface area contributed by atoms with E-state index in [1.807, 2.05) is 0 Å². The van der Waals surface area contributed by atoms with Crippen molar-refractivity contribution in [2.75, 3.05) is 0 Å². The van der Waals surface area contributed by atoms with Gasteiger partial charge >= 0.3 is 0 Å². The molecule has 1 aliphatic carbocycles. The zero-order valence-corrected chi connectivity index (χ0v) is 10.8. The van der Waals surface area contributed by atoms with Gasteiger partial charge in [0.1, 0.15) is 0 Å². The maximum absolute atomic E-state index is 6.14. The maximum atomic E-state index is 6.14. The summed E-state index contributed by atoms with van der Waals surface area (Å²) >= 11 is 0. The molecule has 1 aliphatic rings. The molecule has 0 N–H and O–H groups in total. The first-order chi connectivity index (χ1) is 6.61. The Hall–Kier alpha value is -0.0300. The predicted octanol–water partition coefficient (Wildman–Crippen LogP) is 4.67. The summed E-state index contributed by atoms with van der Waals surface area (Å²) in [6.07, 6.45) is 7.33. The molecule has 0 bridgehead atoms. The average molecular weight is 214 g/mol. The average Bonchev–Trinajstić information content (AvgIpc) is 2.15. The molecule has 14 heavy (non-hydrogen) atoms. The second-order valence-corrected chi connectivity index (χ2v) is 7.52. The van der Waals surface area contributed by atoms with E-state index in [9.17, 15) is 0 Å². The van der Waals surface area contributed by atoms with Crippen molar-refractivity contribution in [1.82, 2.24) is 0 Å². The Bertz CT molecular complexity index is 188. The summed E-state index contributed by atoms with van der Waals surface area (Å²) in [4.78, 5) is 0. The third-order valence-corrected chi connectivity index (χ3v) is 4.97. The van der Waals surface area contributed by atoms with Gasteiger partial charge in [0, 0.05) is 17.7 Å². The Kier molecular flexibility index (Phi) is 4.95. The van der Waals surface area contributed by atoms with E-state index in [2.05, 4.69) is 33.8 Å². The van der Waals surface area contributed by atoms with Crippen LogP contribution in [0, 0.1) is 0 Å². The molecule has 2 heteroatoms. The van der Waals surface area contributed by atoms with Crippen LogP contribution in [0.2, 0.25) is 0 Å². The molecule has 0 unspecified atom stereocenters. The minimum atomic E-state index is -0.270. The van der Waals surface area contributed by atoms with Crippen molar-refractivity contribution in [2.45, 2.75) is 64.7 Å². The van der Waals surface area contributed by atoms with E-state index in [0.29, 0.717) is 11.3 Å². The lowest BCUT2D eigenvalue weighted by molar-refractivity contribution is 0.410. The van der Waals surface area contributed by atoms with E-state index in [0.717, 1.165) is 6.42 Å². The Morgan fingerprint density at radius 2 is 1.79 bits per heavy atom. The molecule has 1 nitrogen and oxygen atoms in total. The first-order valence-corrected chi connectivity index (χ1v) is 7.16. The fourth-order valence-electron chi connectivity index (χ4n) is 1.83. The molecule has 0 aliphatic heterocycles. The fourth-order valence-corrected chi connectivity index (χ4v) is 3.88. The zero-order chi connectivity index (χ0) is 10.6. The summed E-state index contributed by atoms with van der Waals surface area (Å²) in [5.74, 6) is 1.27. The maximum Gasteiger partial charge on any atom is 0.0960 e. The molecule has 0 saturated heterocycles. The summed E-state index contributed by atoms with van der Waals surface area (Å²) in [5.41, 5.74) is 1.35. The molecule has 82 valence electrons. The molecule has 0 heterocycles. The molecule has 0 fully saturated rings. The minimum absolute atomic E-state index is 0.270. The Balaban J connectivity index is 2.50. The van der Waals surface area contributed by atoms with Crippen molar-refractivity contribution in [3.05, 3.63) is 11.8 Å². The molecule has 0 amide bonds. The predicted molar refractivity (Wildman–Crippen MR) is 64.8 cm³/mol. The summed E-state index contributed by atoms with van der Waals surface area (Å²) in [7, 11) is -0.270. The lowest BCUT2D eigenvalue weighted by Crippen LogP contribution is -2.07. The monoisotopic (exact) mass is 214 g/mol. The first kappa shape index (κ1) is 12.0. The number of hydrogen-bond acceptors (Lipinski definition) is 1. The smallest absolute Gasteiger partial charge is 0.0960 e. The highest BCUT2D eigenvalue weighted by molar-refractivity contribution is 7.54. The van der Waals surface area contributed by atoms with E-state index in [4.69, 9.17) is 4.52 Å². The molecule has 0 aromatic carbocycles. The second-order valence-electron chi connectivity index (χ2n) is 4.55. The standard InChI is InChI=1S/C12H23OP/c1-10(2)14(11(3)4)13-12-8-6-5-7-9-12/h8,10-11H,5-7,9H2,1-4H3. The van der Waals surface area contributed by atoms with E-state index < -0.39 is 0 Å². The minimum Gasteiger partial charge on any atom is -0.478 e. The fraction of sp³-hybridized carbons (Fsp3) is 0.833. The third-order valence-electron chi connectivity index (χ3n) is 2.49. The van der Waals surface area contributed by atoms with Crippen LogP contribution in [0.5, 0.6) is 0 Å². The Morgan fingerprint density at radius 1 is 1.14 bits per heavy atom. The Labute approximate surface area is 89.8 Å². The van der Waals surface area contributed by atoms with Crippen molar-refractivity contribution in [1.29, 1.82) is 0 Å². The molecule has 0 atom stereocenters. The molecule has 0 radical (unpaired) electrons. The summed E-state index contributed by atoms with van der Waals surface area (Å²) in [5, 5.41) is 0. The highest BCUT2D eigenvalue weighted by Gasteiger charge is 2.21. The normalized spacial score (nSPS) is 17.8. The number of allylic oxidation sites excluding steroid dienone is 2. The van der Waals surface area contributed by atoms with Crippen LogP contribution in [-0.4, -0.2) is 11.3 Å². The van der Waals surface area contributed by atoms with E-state index >= 15 is 0 Å². The van der Waals surface area contributed by atoms with Crippen molar-refractivity contribution in [3.8, 4) is 0 Å². The number of rotatable bonds is 4. The van der Waals surface area contributed by atoms with Gasteiger partial charge in [0.25, 0.3) is 0 Å². The highest BCUT2D eigenvalue weighted by atomic mass is 31.1. The molecule has 0 saturated carbocycles. The van der Waals surface area contributed by atoms with Gasteiger partial charge in [-0.3, -0.25) is 0 Å². The van der Waals surface area contributed by atoms with Crippen LogP contribution in [-0.2, 0) is 4.52 Å². The molecular formula is C12H23OP. The van der Waals surface area contributed by atoms with Crippen LogP contribution in [0.15, 0.2) is 11.8 Å². The SMILES string of the molecule is CC(C)P(OC1=CCCCC1)C(C)C. The summed E-state index contributed by atoms with van der Waals surface area (Å²) < 4.78 is 6.14. The second kappa shape index (κ2) is 5.75. The van der Waals surface area contributed by atoms with Crippen LogP contribution < -0.4 is 0 Å². The molecule has 0 aromatic heterocycles. The Morgan fingerprint density at radius 3 is 2.21 bits per heavy atom. The van der Waals surface area contributed by atoms with Crippen LogP contribution in [0.25, 0.3) is 0 Å². The topological polar surface area (TPSA) is 9.23 Å². The largest absolute Gasteiger partial charge is 0.478 e. The zero-order valence-electron chi connectivity index (χ0n) is 9.92. The van der Waals surface area contributed by atoms with Gasteiger partial charge < -0.3 is 4.52 Å². The number of hydrogen-bond donors (Lipinski definition) is 0. The van der Waals surface area contributed by atoms with Crippen LogP contribution >= 0.6 is 8.15 Å². The van der Waals surface area contributed by atoms with Gasteiger partial charge in [0.15, 0.2) is 0 Å². The van der Waals surface area contributed by atoms with Crippen molar-refractivity contribution < 1.29 is 4.52 Å². The lowest BCUT2D eigenvalue weighted by Gasteiger charge is -2.28.